The molecule has 0 unspecified atom stereocenters. The van der Waals surface area contributed by atoms with E-state index in [-0.39, 0.29) is 22.2 Å². The van der Waals surface area contributed by atoms with E-state index < -0.39 is 20.6 Å². The number of hydrogen-bond donors (Lipinski definition) is 3. The van der Waals surface area contributed by atoms with Crippen molar-refractivity contribution in [3.05, 3.63) is 87.4 Å². The summed E-state index contributed by atoms with van der Waals surface area (Å²) in [5.74, 6) is -0.196. The van der Waals surface area contributed by atoms with Gasteiger partial charge in [-0.25, -0.2) is 8.42 Å². The summed E-state index contributed by atoms with van der Waals surface area (Å²) < 4.78 is 27.6. The van der Waals surface area contributed by atoms with Crippen molar-refractivity contribution in [2.75, 3.05) is 15.5 Å². The van der Waals surface area contributed by atoms with Crippen molar-refractivity contribution in [1.82, 2.24) is 0 Å². The maximum atomic E-state index is 12.6. The number of anilines is 3. The van der Waals surface area contributed by atoms with Gasteiger partial charge in [-0.05, 0) is 48.0 Å². The van der Waals surface area contributed by atoms with E-state index in [1.54, 1.807) is 36.4 Å². The summed E-state index contributed by atoms with van der Waals surface area (Å²) in [4.78, 5) is 21.6. The molecule has 0 atom stereocenters. The van der Waals surface area contributed by atoms with Crippen molar-refractivity contribution in [3.8, 4) is 0 Å². The molecule has 33 heavy (non-hydrogen) atoms. The number of hydrogen-bond acceptors (Lipinski definition) is 7. The van der Waals surface area contributed by atoms with E-state index in [0.29, 0.717) is 16.3 Å². The molecule has 3 rings (SSSR count). The van der Waals surface area contributed by atoms with Crippen LogP contribution in [-0.2, 0) is 14.8 Å². The molecule has 0 spiro atoms. The Kier molecular flexibility index (Phi) is 7.26. The Morgan fingerprint density at radius 2 is 1.79 bits per heavy atom. The topological polar surface area (TPSA) is 143 Å². The number of halogens is 1. The normalized spacial score (nSPS) is 11.2. The number of carbonyl (C=O) groups is 1. The minimum Gasteiger partial charge on any atom is -0.326 e. The zero-order chi connectivity index (χ0) is 24.0. The quantitative estimate of drug-likeness (QED) is 0.243. The number of nitro groups is 1. The molecule has 0 fully saturated rings. The fourth-order valence-electron chi connectivity index (χ4n) is 2.72. The first kappa shape index (κ1) is 23.7. The van der Waals surface area contributed by atoms with Crippen molar-refractivity contribution < 1.29 is 18.1 Å². The lowest BCUT2D eigenvalue weighted by molar-refractivity contribution is -0.384. The summed E-state index contributed by atoms with van der Waals surface area (Å²) in [6.07, 6.45) is 1.42. The average Bonchev–Trinajstić information content (AvgIpc) is 2.74. The SMILES string of the molecule is CC(=O)Nc1ccc(/C=N\Nc2ccc(S(=O)(=O)Nc3cccc(Cl)c3)cc2[N+](=O)[O-])cc1. The number of nitrogens with one attached hydrogen (secondary N) is 3. The van der Waals surface area contributed by atoms with Gasteiger partial charge in [0.25, 0.3) is 15.7 Å². The van der Waals surface area contributed by atoms with E-state index in [0.717, 1.165) is 6.07 Å². The van der Waals surface area contributed by atoms with Crippen LogP contribution in [0.15, 0.2) is 76.7 Å². The minimum atomic E-state index is -4.09. The van der Waals surface area contributed by atoms with Gasteiger partial charge in [-0.1, -0.05) is 29.8 Å². The van der Waals surface area contributed by atoms with Crippen LogP contribution in [0.2, 0.25) is 5.02 Å². The first-order chi connectivity index (χ1) is 15.6. The van der Waals surface area contributed by atoms with Crippen LogP contribution in [0.4, 0.5) is 22.7 Å². The van der Waals surface area contributed by atoms with E-state index in [9.17, 15) is 23.3 Å². The average molecular weight is 488 g/mol. The van der Waals surface area contributed by atoms with Gasteiger partial charge in [-0.2, -0.15) is 5.10 Å². The maximum absolute atomic E-state index is 12.6. The molecule has 0 saturated heterocycles. The molecule has 0 saturated carbocycles. The number of rotatable bonds is 8. The van der Waals surface area contributed by atoms with Gasteiger partial charge in [0, 0.05) is 23.7 Å². The third-order valence-corrected chi connectivity index (χ3v) is 5.80. The molecular weight excluding hydrogens is 470 g/mol. The second-order valence-electron chi connectivity index (χ2n) is 6.73. The number of benzene rings is 3. The van der Waals surface area contributed by atoms with Crippen LogP contribution in [0.25, 0.3) is 0 Å². The standard InChI is InChI=1S/C21H18ClN5O5S/c1-14(28)24-17-7-5-15(6-8-17)13-23-25-20-10-9-19(12-21(20)27(29)30)33(31,32)26-18-4-2-3-16(22)11-18/h2-13,25-26H,1H3,(H,24,28)/b23-13-. The first-order valence-electron chi connectivity index (χ1n) is 9.37. The van der Waals surface area contributed by atoms with Crippen LogP contribution in [0, 0.1) is 10.1 Å². The van der Waals surface area contributed by atoms with Gasteiger partial charge in [0.15, 0.2) is 0 Å². The Labute approximate surface area is 194 Å². The third-order valence-electron chi connectivity index (χ3n) is 4.18. The van der Waals surface area contributed by atoms with Crippen molar-refractivity contribution in [1.29, 1.82) is 0 Å². The summed E-state index contributed by atoms with van der Waals surface area (Å²) in [5.41, 5.74) is 3.60. The van der Waals surface area contributed by atoms with E-state index in [1.165, 1.54) is 37.4 Å². The van der Waals surface area contributed by atoms with Crippen molar-refractivity contribution >= 4 is 56.5 Å². The first-order valence-corrected chi connectivity index (χ1v) is 11.2. The molecule has 0 heterocycles. The van der Waals surface area contributed by atoms with Gasteiger partial charge in [0.1, 0.15) is 5.69 Å². The Balaban J connectivity index is 1.77. The number of sulfonamides is 1. The highest BCUT2D eigenvalue weighted by atomic mass is 35.5. The van der Waals surface area contributed by atoms with E-state index in [4.69, 9.17) is 11.6 Å². The molecule has 0 bridgehead atoms. The molecule has 3 N–H and O–H groups in total. The van der Waals surface area contributed by atoms with Crippen LogP contribution < -0.4 is 15.5 Å². The summed E-state index contributed by atoms with van der Waals surface area (Å²) in [6.45, 7) is 1.40. The predicted octanol–water partition coefficient (Wildman–Crippen LogP) is 4.45. The van der Waals surface area contributed by atoms with E-state index >= 15 is 0 Å². The summed E-state index contributed by atoms with van der Waals surface area (Å²) in [6, 6.07) is 16.2. The number of carbonyl (C=O) groups excluding carboxylic acids is 1. The highest BCUT2D eigenvalue weighted by molar-refractivity contribution is 7.92. The summed E-state index contributed by atoms with van der Waals surface area (Å²) in [5, 5.41) is 18.4. The molecule has 10 nitrogen and oxygen atoms in total. The Morgan fingerprint density at radius 3 is 2.42 bits per heavy atom. The van der Waals surface area contributed by atoms with Gasteiger partial charge < -0.3 is 5.32 Å². The van der Waals surface area contributed by atoms with Crippen LogP contribution in [-0.4, -0.2) is 25.5 Å². The van der Waals surface area contributed by atoms with Crippen molar-refractivity contribution in [3.63, 3.8) is 0 Å². The summed E-state index contributed by atoms with van der Waals surface area (Å²) in [7, 11) is -4.09. The molecule has 1 amide bonds. The second kappa shape index (κ2) is 10.1. The van der Waals surface area contributed by atoms with Gasteiger partial charge in [-0.15, -0.1) is 0 Å². The zero-order valence-electron chi connectivity index (χ0n) is 17.2. The van der Waals surface area contributed by atoms with Gasteiger partial charge >= 0.3 is 0 Å². The molecule has 0 aliphatic carbocycles. The maximum Gasteiger partial charge on any atom is 0.295 e. The molecule has 0 radical (unpaired) electrons. The highest BCUT2D eigenvalue weighted by Gasteiger charge is 2.21. The Morgan fingerprint density at radius 1 is 1.06 bits per heavy atom. The molecular formula is C21H18ClN5O5S. The smallest absolute Gasteiger partial charge is 0.295 e. The largest absolute Gasteiger partial charge is 0.326 e. The van der Waals surface area contributed by atoms with Crippen molar-refractivity contribution in [2.24, 2.45) is 5.10 Å². The predicted molar refractivity (Wildman–Crippen MR) is 127 cm³/mol. The van der Waals surface area contributed by atoms with Crippen molar-refractivity contribution in [2.45, 2.75) is 11.8 Å². The van der Waals surface area contributed by atoms with Crippen LogP contribution in [0.3, 0.4) is 0 Å². The molecule has 170 valence electrons. The molecule has 0 aliphatic rings. The number of hydrazone groups is 1. The number of amides is 1. The highest BCUT2D eigenvalue weighted by Crippen LogP contribution is 2.29. The van der Waals surface area contributed by atoms with Crippen LogP contribution in [0.5, 0.6) is 0 Å². The number of nitrogens with zero attached hydrogens (tertiary/aromatic N) is 2. The molecule has 0 aliphatic heterocycles. The molecule has 12 heteroatoms. The lowest BCUT2D eigenvalue weighted by Crippen LogP contribution is -2.13. The molecule has 3 aromatic rings. The van der Waals surface area contributed by atoms with Gasteiger partial charge in [0.2, 0.25) is 5.91 Å². The van der Waals surface area contributed by atoms with E-state index in [2.05, 4.69) is 20.6 Å². The summed E-state index contributed by atoms with van der Waals surface area (Å²) >= 11 is 5.87. The van der Waals surface area contributed by atoms with E-state index in [1.807, 2.05) is 0 Å². The fraction of sp³-hybridized carbons (Fsp3) is 0.0476. The molecule has 0 aromatic heterocycles. The molecule has 3 aromatic carbocycles. The van der Waals surface area contributed by atoms with Gasteiger partial charge in [-0.3, -0.25) is 25.1 Å². The lowest BCUT2D eigenvalue weighted by atomic mass is 10.2. The zero-order valence-corrected chi connectivity index (χ0v) is 18.7. The Bertz CT molecular complexity index is 1330. The van der Waals surface area contributed by atoms with Crippen LogP contribution >= 0.6 is 11.6 Å². The fourth-order valence-corrected chi connectivity index (χ4v) is 3.98. The Hall–Kier alpha value is -3.96. The minimum absolute atomic E-state index is 0.00724. The monoisotopic (exact) mass is 487 g/mol. The second-order valence-corrected chi connectivity index (χ2v) is 8.84. The lowest BCUT2D eigenvalue weighted by Gasteiger charge is -2.09. The van der Waals surface area contributed by atoms with Gasteiger partial charge in [0.05, 0.1) is 21.7 Å². The third kappa shape index (κ3) is 6.51. The number of nitro benzene ring substituents is 1. The van der Waals surface area contributed by atoms with Crippen LogP contribution in [0.1, 0.15) is 12.5 Å².